The van der Waals surface area contributed by atoms with Crippen LogP contribution in [0.5, 0.6) is 11.5 Å². The molecule has 0 radical (unpaired) electrons. The van der Waals surface area contributed by atoms with Gasteiger partial charge in [0.25, 0.3) is 5.91 Å². The lowest BCUT2D eigenvalue weighted by molar-refractivity contribution is -0.124. The molecule has 0 aromatic heterocycles. The lowest BCUT2D eigenvalue weighted by Crippen LogP contribution is -2.21. The topological polar surface area (TPSA) is 67.8 Å². The summed E-state index contributed by atoms with van der Waals surface area (Å²) in [5, 5.41) is 13.3. The molecule has 0 heterocycles. The molecule has 0 fully saturated rings. The molecule has 0 aliphatic rings. The van der Waals surface area contributed by atoms with Crippen LogP contribution in [0.4, 0.5) is 5.69 Å². The SMILES string of the molecule is CCc1ccc(C(O)C(=O)Nc2ccccc2-c2ccc(OC)c(OC)c2)cc1. The molecule has 3 rings (SSSR count). The predicted molar refractivity (Wildman–Crippen MR) is 114 cm³/mol. The third-order valence-corrected chi connectivity index (χ3v) is 4.83. The normalized spacial score (nSPS) is 11.6. The Hall–Kier alpha value is -3.31. The maximum Gasteiger partial charge on any atom is 0.257 e. The van der Waals surface area contributed by atoms with Crippen LogP contribution in [0, 0.1) is 0 Å². The summed E-state index contributed by atoms with van der Waals surface area (Å²) in [6.45, 7) is 2.06. The number of aryl methyl sites for hydroxylation is 1. The van der Waals surface area contributed by atoms with Gasteiger partial charge in [0, 0.05) is 11.3 Å². The molecule has 0 aliphatic carbocycles. The quantitative estimate of drug-likeness (QED) is 0.617. The van der Waals surface area contributed by atoms with Gasteiger partial charge in [0.15, 0.2) is 17.6 Å². The molecular formula is C24H25NO4. The minimum atomic E-state index is -1.25. The number of carbonyl (C=O) groups is 1. The average Bonchev–Trinajstić information content (AvgIpc) is 2.78. The Balaban J connectivity index is 1.86. The van der Waals surface area contributed by atoms with Crippen molar-refractivity contribution in [3.8, 4) is 22.6 Å². The fourth-order valence-corrected chi connectivity index (χ4v) is 3.14. The van der Waals surface area contributed by atoms with Gasteiger partial charge in [-0.25, -0.2) is 0 Å². The molecule has 3 aromatic carbocycles. The van der Waals surface area contributed by atoms with E-state index in [0.717, 1.165) is 23.1 Å². The Morgan fingerprint density at radius 1 is 0.966 bits per heavy atom. The van der Waals surface area contributed by atoms with Gasteiger partial charge in [0.05, 0.1) is 14.2 Å². The summed E-state index contributed by atoms with van der Waals surface area (Å²) < 4.78 is 10.7. The maximum absolute atomic E-state index is 12.7. The average molecular weight is 391 g/mol. The first kappa shape index (κ1) is 20.4. The lowest BCUT2D eigenvalue weighted by atomic mass is 10.0. The van der Waals surface area contributed by atoms with Crippen molar-refractivity contribution in [2.75, 3.05) is 19.5 Å². The van der Waals surface area contributed by atoms with Crippen LogP contribution in [0.1, 0.15) is 24.2 Å². The summed E-state index contributed by atoms with van der Waals surface area (Å²) >= 11 is 0. The second-order valence-corrected chi connectivity index (χ2v) is 6.60. The van der Waals surface area contributed by atoms with Crippen molar-refractivity contribution in [2.45, 2.75) is 19.4 Å². The Bertz CT molecular complexity index is 982. The molecule has 150 valence electrons. The van der Waals surface area contributed by atoms with Crippen LogP contribution in [0.3, 0.4) is 0 Å². The maximum atomic E-state index is 12.7. The van der Waals surface area contributed by atoms with E-state index in [1.807, 2.05) is 48.5 Å². The monoisotopic (exact) mass is 391 g/mol. The second kappa shape index (κ2) is 9.26. The number of amides is 1. The Kier molecular flexibility index (Phi) is 6.52. The highest BCUT2D eigenvalue weighted by atomic mass is 16.5. The number of hydrogen-bond donors (Lipinski definition) is 2. The highest BCUT2D eigenvalue weighted by Gasteiger charge is 2.19. The molecule has 0 aliphatic heterocycles. The number of aliphatic hydroxyl groups is 1. The van der Waals surface area contributed by atoms with Gasteiger partial charge in [0.2, 0.25) is 0 Å². The number of hydrogen-bond acceptors (Lipinski definition) is 4. The van der Waals surface area contributed by atoms with Crippen LogP contribution < -0.4 is 14.8 Å². The van der Waals surface area contributed by atoms with Crippen LogP contribution in [-0.4, -0.2) is 25.2 Å². The largest absolute Gasteiger partial charge is 0.493 e. The van der Waals surface area contributed by atoms with Gasteiger partial charge >= 0.3 is 0 Å². The van der Waals surface area contributed by atoms with Crippen molar-refractivity contribution < 1.29 is 19.4 Å². The minimum Gasteiger partial charge on any atom is -0.493 e. The molecule has 0 bridgehead atoms. The van der Waals surface area contributed by atoms with Crippen LogP contribution in [0.15, 0.2) is 66.7 Å². The van der Waals surface area contributed by atoms with Crippen molar-refractivity contribution in [3.63, 3.8) is 0 Å². The first-order valence-electron chi connectivity index (χ1n) is 9.46. The van der Waals surface area contributed by atoms with Crippen LogP contribution in [-0.2, 0) is 11.2 Å². The lowest BCUT2D eigenvalue weighted by Gasteiger charge is -2.16. The molecular weight excluding hydrogens is 366 g/mol. The molecule has 5 heteroatoms. The van der Waals surface area contributed by atoms with Gasteiger partial charge in [-0.15, -0.1) is 0 Å². The molecule has 1 unspecified atom stereocenters. The fourth-order valence-electron chi connectivity index (χ4n) is 3.14. The number of ether oxygens (including phenoxy) is 2. The van der Waals surface area contributed by atoms with E-state index in [9.17, 15) is 9.90 Å². The number of methoxy groups -OCH3 is 2. The molecule has 5 nitrogen and oxygen atoms in total. The molecule has 3 aromatic rings. The van der Waals surface area contributed by atoms with Crippen LogP contribution in [0.25, 0.3) is 11.1 Å². The molecule has 0 spiro atoms. The van der Waals surface area contributed by atoms with Gasteiger partial charge in [-0.1, -0.05) is 55.5 Å². The summed E-state index contributed by atoms with van der Waals surface area (Å²) in [6.07, 6.45) is -0.347. The number of benzene rings is 3. The number of para-hydroxylation sites is 1. The smallest absolute Gasteiger partial charge is 0.257 e. The Labute approximate surface area is 170 Å². The molecule has 1 amide bonds. The van der Waals surface area contributed by atoms with Crippen molar-refractivity contribution in [2.24, 2.45) is 0 Å². The van der Waals surface area contributed by atoms with E-state index in [4.69, 9.17) is 9.47 Å². The summed E-state index contributed by atoms with van der Waals surface area (Å²) in [6, 6.07) is 20.4. The van der Waals surface area contributed by atoms with E-state index in [-0.39, 0.29) is 0 Å². The van der Waals surface area contributed by atoms with Crippen molar-refractivity contribution in [1.29, 1.82) is 0 Å². The van der Waals surface area contributed by atoms with Gasteiger partial charge in [0.1, 0.15) is 0 Å². The molecule has 2 N–H and O–H groups in total. The zero-order valence-electron chi connectivity index (χ0n) is 16.8. The summed E-state index contributed by atoms with van der Waals surface area (Å²) in [4.78, 5) is 12.7. The molecule has 0 saturated heterocycles. The number of aliphatic hydroxyl groups excluding tert-OH is 1. The van der Waals surface area contributed by atoms with E-state index in [1.54, 1.807) is 32.4 Å². The zero-order chi connectivity index (χ0) is 20.8. The molecule has 29 heavy (non-hydrogen) atoms. The van der Waals surface area contributed by atoms with Crippen molar-refractivity contribution in [3.05, 3.63) is 77.9 Å². The third-order valence-electron chi connectivity index (χ3n) is 4.83. The Morgan fingerprint density at radius 3 is 2.31 bits per heavy atom. The van der Waals surface area contributed by atoms with Gasteiger partial charge in [-0.3, -0.25) is 4.79 Å². The zero-order valence-corrected chi connectivity index (χ0v) is 16.8. The highest BCUT2D eigenvalue weighted by molar-refractivity contribution is 5.98. The fraction of sp³-hybridized carbons (Fsp3) is 0.208. The molecule has 0 saturated carbocycles. The van der Waals surface area contributed by atoms with E-state index < -0.39 is 12.0 Å². The predicted octanol–water partition coefficient (Wildman–Crippen LogP) is 4.61. The minimum absolute atomic E-state index is 0.484. The summed E-state index contributed by atoms with van der Waals surface area (Å²) in [5.74, 6) is 0.744. The van der Waals surface area contributed by atoms with Crippen molar-refractivity contribution >= 4 is 11.6 Å². The highest BCUT2D eigenvalue weighted by Crippen LogP contribution is 2.35. The molecule has 1 atom stereocenters. The Morgan fingerprint density at radius 2 is 1.66 bits per heavy atom. The summed E-state index contributed by atoms with van der Waals surface area (Å²) in [7, 11) is 3.16. The van der Waals surface area contributed by atoms with Gasteiger partial charge < -0.3 is 19.9 Å². The first-order chi connectivity index (χ1) is 14.1. The van der Waals surface area contributed by atoms with E-state index in [0.29, 0.717) is 22.7 Å². The first-order valence-corrected chi connectivity index (χ1v) is 9.46. The standard InChI is InChI=1S/C24H25NO4/c1-4-16-9-11-17(12-10-16)23(26)24(27)25-20-8-6-5-7-19(20)18-13-14-21(28-2)22(15-18)29-3/h5-15,23,26H,4H2,1-3H3,(H,25,27). The van der Waals surface area contributed by atoms with Crippen LogP contribution in [0.2, 0.25) is 0 Å². The van der Waals surface area contributed by atoms with Gasteiger partial charge in [-0.2, -0.15) is 0 Å². The van der Waals surface area contributed by atoms with E-state index in [1.165, 1.54) is 0 Å². The summed E-state index contributed by atoms with van der Waals surface area (Å²) in [5.41, 5.74) is 3.99. The number of carbonyl (C=O) groups excluding carboxylic acids is 1. The number of anilines is 1. The number of rotatable bonds is 7. The second-order valence-electron chi connectivity index (χ2n) is 6.60. The van der Waals surface area contributed by atoms with E-state index in [2.05, 4.69) is 12.2 Å². The van der Waals surface area contributed by atoms with E-state index >= 15 is 0 Å². The van der Waals surface area contributed by atoms with Crippen LogP contribution >= 0.6 is 0 Å². The van der Waals surface area contributed by atoms with Crippen molar-refractivity contribution in [1.82, 2.24) is 0 Å². The third kappa shape index (κ3) is 4.58. The van der Waals surface area contributed by atoms with Gasteiger partial charge in [-0.05, 0) is 41.3 Å². The number of nitrogens with one attached hydrogen (secondary N) is 1.